The fraction of sp³-hybridized carbons (Fsp3) is 0.143. The van der Waals surface area contributed by atoms with E-state index in [0.29, 0.717) is 0 Å². The Kier molecular flexibility index (Phi) is 1.81. The lowest BCUT2D eigenvalue weighted by Crippen LogP contribution is -1.80. The van der Waals surface area contributed by atoms with Gasteiger partial charge in [0, 0.05) is 12.4 Å². The summed E-state index contributed by atoms with van der Waals surface area (Å²) in [7, 11) is 0. The van der Waals surface area contributed by atoms with E-state index in [-0.39, 0.29) is 0 Å². The Morgan fingerprint density at radius 3 is 2.89 bits per heavy atom. The molecule has 2 heteroatoms. The summed E-state index contributed by atoms with van der Waals surface area (Å²) in [5, 5.41) is 0. The molecule has 1 rings (SSSR count). The second-order valence-corrected chi connectivity index (χ2v) is 1.47. The Balaban J connectivity index is 2.94. The topological polar surface area (TPSA) is 25.8 Å². The van der Waals surface area contributed by atoms with E-state index in [4.69, 9.17) is 0 Å². The van der Waals surface area contributed by atoms with Crippen LogP contribution in [0.3, 0.4) is 0 Å². The standard InChI is InChI=1S/C7H6N2/c1-2-3-7-6-8-4-5-9-7/h4-6H,1H3. The van der Waals surface area contributed by atoms with E-state index in [1.165, 1.54) is 0 Å². The molecule has 0 spiro atoms. The molecule has 2 nitrogen and oxygen atoms in total. The minimum Gasteiger partial charge on any atom is -0.260 e. The summed E-state index contributed by atoms with van der Waals surface area (Å²) >= 11 is 0. The maximum Gasteiger partial charge on any atom is 0.131 e. The van der Waals surface area contributed by atoms with E-state index in [9.17, 15) is 0 Å². The van der Waals surface area contributed by atoms with Crippen molar-refractivity contribution in [2.45, 2.75) is 6.92 Å². The van der Waals surface area contributed by atoms with E-state index < -0.39 is 0 Å². The second kappa shape index (κ2) is 2.83. The van der Waals surface area contributed by atoms with Crippen molar-refractivity contribution < 1.29 is 0 Å². The minimum atomic E-state index is 0.722. The molecule has 1 heterocycles. The zero-order chi connectivity index (χ0) is 6.53. The highest BCUT2D eigenvalue weighted by Crippen LogP contribution is 1.83. The van der Waals surface area contributed by atoms with Gasteiger partial charge in [-0.2, -0.15) is 0 Å². The van der Waals surface area contributed by atoms with Gasteiger partial charge < -0.3 is 0 Å². The molecular formula is C7H6N2. The summed E-state index contributed by atoms with van der Waals surface area (Å²) in [6, 6.07) is 0. The van der Waals surface area contributed by atoms with Crippen LogP contribution in [0.15, 0.2) is 18.6 Å². The Bertz CT molecular complexity index is 230. The van der Waals surface area contributed by atoms with Gasteiger partial charge in [0.25, 0.3) is 0 Å². The van der Waals surface area contributed by atoms with Gasteiger partial charge in [-0.3, -0.25) is 4.98 Å². The molecule has 0 saturated carbocycles. The van der Waals surface area contributed by atoms with E-state index in [0.717, 1.165) is 5.69 Å². The lowest BCUT2D eigenvalue weighted by atomic mass is 10.4. The third kappa shape index (κ3) is 1.54. The Labute approximate surface area is 54.0 Å². The summed E-state index contributed by atoms with van der Waals surface area (Å²) in [4.78, 5) is 7.77. The first-order valence-electron chi connectivity index (χ1n) is 2.62. The Hall–Kier alpha value is -1.36. The number of hydrogen-bond donors (Lipinski definition) is 0. The molecule has 0 N–H and O–H groups in total. The largest absolute Gasteiger partial charge is 0.260 e. The smallest absolute Gasteiger partial charge is 0.131 e. The van der Waals surface area contributed by atoms with Crippen LogP contribution in [-0.4, -0.2) is 9.97 Å². The molecule has 0 saturated heterocycles. The lowest BCUT2D eigenvalue weighted by molar-refractivity contribution is 1.17. The van der Waals surface area contributed by atoms with Crippen molar-refractivity contribution in [1.82, 2.24) is 9.97 Å². The van der Waals surface area contributed by atoms with E-state index in [1.54, 1.807) is 25.5 Å². The number of rotatable bonds is 0. The van der Waals surface area contributed by atoms with Crippen LogP contribution in [0.5, 0.6) is 0 Å². The molecule has 0 aliphatic carbocycles. The zero-order valence-electron chi connectivity index (χ0n) is 5.13. The van der Waals surface area contributed by atoms with Crippen molar-refractivity contribution in [2.75, 3.05) is 0 Å². The van der Waals surface area contributed by atoms with Crippen LogP contribution in [0.4, 0.5) is 0 Å². The fourth-order valence-electron chi connectivity index (χ4n) is 0.492. The van der Waals surface area contributed by atoms with Crippen molar-refractivity contribution in [3.8, 4) is 11.8 Å². The van der Waals surface area contributed by atoms with Gasteiger partial charge in [-0.1, -0.05) is 5.92 Å². The van der Waals surface area contributed by atoms with E-state index >= 15 is 0 Å². The Morgan fingerprint density at radius 1 is 1.44 bits per heavy atom. The fourth-order valence-corrected chi connectivity index (χ4v) is 0.492. The minimum absolute atomic E-state index is 0.722. The summed E-state index contributed by atoms with van der Waals surface area (Å²) < 4.78 is 0. The third-order valence-corrected chi connectivity index (χ3v) is 0.816. The average Bonchev–Trinajstić information content (AvgIpc) is 1.91. The predicted octanol–water partition coefficient (Wildman–Crippen LogP) is 0.848. The zero-order valence-corrected chi connectivity index (χ0v) is 5.13. The van der Waals surface area contributed by atoms with Crippen LogP contribution in [-0.2, 0) is 0 Å². The molecule has 9 heavy (non-hydrogen) atoms. The van der Waals surface area contributed by atoms with Crippen LogP contribution in [0, 0.1) is 11.8 Å². The molecule has 1 aromatic rings. The maximum atomic E-state index is 3.93. The van der Waals surface area contributed by atoms with Gasteiger partial charge in [-0.15, -0.1) is 0 Å². The average molecular weight is 118 g/mol. The summed E-state index contributed by atoms with van der Waals surface area (Å²) in [6.07, 6.45) is 4.89. The van der Waals surface area contributed by atoms with Crippen molar-refractivity contribution in [1.29, 1.82) is 0 Å². The summed E-state index contributed by atoms with van der Waals surface area (Å²) in [5.74, 6) is 5.52. The highest BCUT2D eigenvalue weighted by Gasteiger charge is 1.80. The molecule has 44 valence electrons. The predicted molar refractivity (Wildman–Crippen MR) is 34.6 cm³/mol. The molecule has 0 radical (unpaired) electrons. The molecule has 0 aliphatic heterocycles. The molecule has 0 aliphatic rings. The number of aromatic nitrogens is 2. The molecule has 0 bridgehead atoms. The first-order chi connectivity index (χ1) is 4.43. The molecule has 1 aromatic heterocycles. The number of hydrogen-bond acceptors (Lipinski definition) is 2. The van der Waals surface area contributed by atoms with Gasteiger partial charge >= 0.3 is 0 Å². The quantitative estimate of drug-likeness (QED) is 0.472. The van der Waals surface area contributed by atoms with Crippen LogP contribution < -0.4 is 0 Å². The summed E-state index contributed by atoms with van der Waals surface area (Å²) in [6.45, 7) is 1.77. The molecular weight excluding hydrogens is 112 g/mol. The highest BCUT2D eigenvalue weighted by atomic mass is 14.7. The normalized spacial score (nSPS) is 7.67. The first-order valence-corrected chi connectivity index (χ1v) is 2.62. The van der Waals surface area contributed by atoms with Crippen LogP contribution in [0.1, 0.15) is 12.6 Å². The molecule has 0 unspecified atom stereocenters. The van der Waals surface area contributed by atoms with E-state index in [2.05, 4.69) is 21.8 Å². The van der Waals surface area contributed by atoms with Crippen LogP contribution in [0.25, 0.3) is 0 Å². The SMILES string of the molecule is CC#Cc1cnccn1. The molecule has 0 atom stereocenters. The van der Waals surface area contributed by atoms with Crippen molar-refractivity contribution in [2.24, 2.45) is 0 Å². The van der Waals surface area contributed by atoms with E-state index in [1.807, 2.05) is 0 Å². The molecule has 0 aromatic carbocycles. The van der Waals surface area contributed by atoms with Gasteiger partial charge in [-0.05, 0) is 12.8 Å². The van der Waals surface area contributed by atoms with Crippen LogP contribution in [0.2, 0.25) is 0 Å². The van der Waals surface area contributed by atoms with Crippen molar-refractivity contribution in [3.05, 3.63) is 24.3 Å². The number of nitrogens with zero attached hydrogens (tertiary/aromatic N) is 2. The molecule has 0 amide bonds. The van der Waals surface area contributed by atoms with Gasteiger partial charge in [0.1, 0.15) is 5.69 Å². The van der Waals surface area contributed by atoms with Crippen LogP contribution >= 0.6 is 0 Å². The van der Waals surface area contributed by atoms with Crippen molar-refractivity contribution in [3.63, 3.8) is 0 Å². The maximum absolute atomic E-state index is 3.93. The van der Waals surface area contributed by atoms with Gasteiger partial charge in [0.15, 0.2) is 0 Å². The van der Waals surface area contributed by atoms with Gasteiger partial charge in [0.05, 0.1) is 6.20 Å². The summed E-state index contributed by atoms with van der Waals surface area (Å²) in [5.41, 5.74) is 0.722. The first kappa shape index (κ1) is 5.77. The van der Waals surface area contributed by atoms with Crippen molar-refractivity contribution >= 4 is 0 Å². The third-order valence-electron chi connectivity index (χ3n) is 0.816. The Morgan fingerprint density at radius 2 is 2.33 bits per heavy atom. The second-order valence-electron chi connectivity index (χ2n) is 1.47. The van der Waals surface area contributed by atoms with Gasteiger partial charge in [0.2, 0.25) is 0 Å². The lowest BCUT2D eigenvalue weighted by Gasteiger charge is -1.82. The highest BCUT2D eigenvalue weighted by molar-refractivity contribution is 5.22. The van der Waals surface area contributed by atoms with Gasteiger partial charge in [-0.25, -0.2) is 4.98 Å². The monoisotopic (exact) mass is 118 g/mol. The molecule has 0 fully saturated rings.